The number of rotatable bonds is 6. The molecule has 3 aliphatic carbocycles. The summed E-state index contributed by atoms with van der Waals surface area (Å²) in [5, 5.41) is 3.52. The van der Waals surface area contributed by atoms with Crippen molar-refractivity contribution in [2.24, 2.45) is 28.6 Å². The van der Waals surface area contributed by atoms with Gasteiger partial charge in [-0.15, -0.1) is 0 Å². The molecule has 0 heterocycles. The van der Waals surface area contributed by atoms with E-state index in [-0.39, 0.29) is 5.92 Å². The van der Waals surface area contributed by atoms with Gasteiger partial charge in [0.25, 0.3) is 0 Å². The minimum Gasteiger partial charge on any atom is -0.353 e. The lowest BCUT2D eigenvalue weighted by Gasteiger charge is -2.53. The Balaban J connectivity index is 1.52. The van der Waals surface area contributed by atoms with Crippen LogP contribution in [0.15, 0.2) is 0 Å². The fraction of sp³-hybridized carbons (Fsp3) is 0.957. The lowest BCUT2D eigenvalue weighted by Crippen LogP contribution is -2.52. The van der Waals surface area contributed by atoms with Crippen molar-refractivity contribution in [3.05, 3.63) is 0 Å². The van der Waals surface area contributed by atoms with E-state index in [1.54, 1.807) is 0 Å². The van der Waals surface area contributed by atoms with Gasteiger partial charge in [-0.1, -0.05) is 79.1 Å². The van der Waals surface area contributed by atoms with Gasteiger partial charge in [0.15, 0.2) is 0 Å². The maximum atomic E-state index is 12.9. The summed E-state index contributed by atoms with van der Waals surface area (Å²) in [5.41, 5.74) is 0.637. The quantitative estimate of drug-likeness (QED) is 0.618. The van der Waals surface area contributed by atoms with Gasteiger partial charge in [-0.05, 0) is 48.3 Å². The molecule has 0 spiro atoms. The molecule has 0 aromatic heterocycles. The molecule has 3 saturated carbocycles. The Morgan fingerprint density at radius 3 is 1.80 bits per heavy atom. The molecule has 0 atom stereocenters. The van der Waals surface area contributed by atoms with Crippen LogP contribution in [0.5, 0.6) is 0 Å². The molecule has 1 amide bonds. The smallest absolute Gasteiger partial charge is 0.223 e. The van der Waals surface area contributed by atoms with Gasteiger partial charge < -0.3 is 5.32 Å². The minimum absolute atomic E-state index is 0.263. The van der Waals surface area contributed by atoms with Crippen molar-refractivity contribution in [2.75, 3.05) is 0 Å². The Bertz CT molecular complexity index is 427. The highest BCUT2D eigenvalue weighted by molar-refractivity contribution is 5.80. The van der Waals surface area contributed by atoms with Crippen molar-refractivity contribution in [3.8, 4) is 0 Å². The van der Waals surface area contributed by atoms with Gasteiger partial charge in [-0.25, -0.2) is 0 Å². The molecule has 3 fully saturated rings. The summed E-state index contributed by atoms with van der Waals surface area (Å²) in [6.45, 7) is 9.34. The summed E-state index contributed by atoms with van der Waals surface area (Å²) in [5.74, 6) is 2.36. The number of hydrogen-bond donors (Lipinski definition) is 1. The molecule has 25 heavy (non-hydrogen) atoms. The molecule has 0 unspecified atom stereocenters. The van der Waals surface area contributed by atoms with Crippen molar-refractivity contribution < 1.29 is 4.79 Å². The summed E-state index contributed by atoms with van der Waals surface area (Å²) in [6, 6.07) is 0.445. The largest absolute Gasteiger partial charge is 0.353 e. The number of nitrogens with one attached hydrogen (secondary N) is 1. The van der Waals surface area contributed by atoms with Gasteiger partial charge in [0.2, 0.25) is 5.91 Å². The predicted octanol–water partition coefficient (Wildman–Crippen LogP) is 6.09. The topological polar surface area (TPSA) is 29.1 Å². The first kappa shape index (κ1) is 19.2. The maximum absolute atomic E-state index is 12.9. The second kappa shape index (κ2) is 7.61. The van der Waals surface area contributed by atoms with E-state index in [4.69, 9.17) is 0 Å². The molecule has 0 aromatic carbocycles. The van der Waals surface area contributed by atoms with E-state index in [2.05, 4.69) is 33.0 Å². The Hall–Kier alpha value is -0.530. The van der Waals surface area contributed by atoms with Crippen molar-refractivity contribution >= 4 is 5.91 Å². The van der Waals surface area contributed by atoms with Crippen LogP contribution in [0.1, 0.15) is 105 Å². The highest BCUT2D eigenvalue weighted by Gasteiger charge is 2.50. The van der Waals surface area contributed by atoms with Crippen LogP contribution in [0.2, 0.25) is 0 Å². The van der Waals surface area contributed by atoms with E-state index in [1.807, 2.05) is 0 Å². The monoisotopic (exact) mass is 347 g/mol. The maximum Gasteiger partial charge on any atom is 0.223 e. The van der Waals surface area contributed by atoms with Crippen LogP contribution in [-0.4, -0.2) is 11.9 Å². The fourth-order valence-corrected chi connectivity index (χ4v) is 5.66. The summed E-state index contributed by atoms with van der Waals surface area (Å²) >= 11 is 0. The van der Waals surface area contributed by atoms with Gasteiger partial charge in [0.05, 0.1) is 0 Å². The average Bonchev–Trinajstić information content (AvgIpc) is 3.16. The zero-order chi connectivity index (χ0) is 18.1. The van der Waals surface area contributed by atoms with Crippen LogP contribution in [-0.2, 0) is 4.79 Å². The van der Waals surface area contributed by atoms with Crippen LogP contribution in [0.25, 0.3) is 0 Å². The van der Waals surface area contributed by atoms with Crippen molar-refractivity contribution in [3.63, 3.8) is 0 Å². The predicted molar refractivity (Wildman–Crippen MR) is 105 cm³/mol. The van der Waals surface area contributed by atoms with Crippen molar-refractivity contribution in [1.82, 2.24) is 5.32 Å². The summed E-state index contributed by atoms with van der Waals surface area (Å²) < 4.78 is 0. The third-order valence-electron chi connectivity index (χ3n) is 8.11. The van der Waals surface area contributed by atoms with Crippen LogP contribution in [0.4, 0.5) is 0 Å². The molecule has 2 nitrogen and oxygen atoms in total. The fourth-order valence-electron chi connectivity index (χ4n) is 5.66. The molecular weight excluding hydrogens is 306 g/mol. The standard InChI is InChI=1S/C23H41NO/c1-22(2,3)23(4)15-19(16-23)21(25)24-20(13-17-9-5-6-10-17)14-18-11-7-8-12-18/h17-20H,5-16H2,1-4H3,(H,24,25). The van der Waals surface area contributed by atoms with Gasteiger partial charge in [-0.2, -0.15) is 0 Å². The van der Waals surface area contributed by atoms with E-state index >= 15 is 0 Å². The van der Waals surface area contributed by atoms with Gasteiger partial charge in [0, 0.05) is 12.0 Å². The minimum atomic E-state index is 0.263. The molecule has 0 radical (unpaired) electrons. The van der Waals surface area contributed by atoms with E-state index in [0.29, 0.717) is 22.8 Å². The number of carbonyl (C=O) groups excluding carboxylic acids is 1. The molecule has 1 N–H and O–H groups in total. The molecule has 144 valence electrons. The van der Waals surface area contributed by atoms with Crippen LogP contribution in [0.3, 0.4) is 0 Å². The number of hydrogen-bond acceptors (Lipinski definition) is 1. The Morgan fingerprint density at radius 1 is 0.960 bits per heavy atom. The third kappa shape index (κ3) is 4.61. The first-order valence-corrected chi connectivity index (χ1v) is 11.1. The van der Waals surface area contributed by atoms with E-state index < -0.39 is 0 Å². The number of amides is 1. The second-order valence-corrected chi connectivity index (χ2v) is 10.9. The first-order chi connectivity index (χ1) is 11.8. The Morgan fingerprint density at radius 2 is 1.40 bits per heavy atom. The third-order valence-corrected chi connectivity index (χ3v) is 8.11. The molecule has 0 aliphatic heterocycles. The summed E-state index contributed by atoms with van der Waals surface area (Å²) in [6.07, 6.45) is 15.8. The first-order valence-electron chi connectivity index (χ1n) is 11.1. The zero-order valence-corrected chi connectivity index (χ0v) is 17.2. The molecule has 3 aliphatic rings. The SMILES string of the molecule is CC(C)(C)C1(C)CC(C(=O)NC(CC2CCCC2)CC2CCCC2)C1. The highest BCUT2D eigenvalue weighted by Crippen LogP contribution is 2.56. The van der Waals surface area contributed by atoms with Gasteiger partial charge in [-0.3, -0.25) is 4.79 Å². The lowest BCUT2D eigenvalue weighted by molar-refractivity contribution is -0.138. The average molecular weight is 348 g/mol. The van der Waals surface area contributed by atoms with E-state index in [1.165, 1.54) is 64.2 Å². The normalized spacial score (nSPS) is 31.5. The molecular formula is C23H41NO. The summed E-state index contributed by atoms with van der Waals surface area (Å²) in [7, 11) is 0. The molecule has 0 saturated heterocycles. The van der Waals surface area contributed by atoms with E-state index in [0.717, 1.165) is 24.7 Å². The second-order valence-electron chi connectivity index (χ2n) is 10.9. The number of carbonyl (C=O) groups is 1. The molecule has 0 bridgehead atoms. The summed E-state index contributed by atoms with van der Waals surface area (Å²) in [4.78, 5) is 12.9. The van der Waals surface area contributed by atoms with Crippen LogP contribution in [0, 0.1) is 28.6 Å². The van der Waals surface area contributed by atoms with Crippen LogP contribution >= 0.6 is 0 Å². The van der Waals surface area contributed by atoms with Crippen molar-refractivity contribution in [1.29, 1.82) is 0 Å². The lowest BCUT2D eigenvalue weighted by atomic mass is 9.52. The van der Waals surface area contributed by atoms with Crippen molar-refractivity contribution in [2.45, 2.75) is 111 Å². The van der Waals surface area contributed by atoms with Gasteiger partial charge >= 0.3 is 0 Å². The van der Waals surface area contributed by atoms with Crippen LogP contribution < -0.4 is 5.32 Å². The molecule has 3 rings (SSSR count). The Kier molecular flexibility index (Phi) is 5.85. The Labute approximate surface area is 155 Å². The molecule has 2 heteroatoms. The zero-order valence-electron chi connectivity index (χ0n) is 17.2. The van der Waals surface area contributed by atoms with Gasteiger partial charge in [0.1, 0.15) is 0 Å². The van der Waals surface area contributed by atoms with E-state index in [9.17, 15) is 4.79 Å². The molecule has 0 aromatic rings. The highest BCUT2D eigenvalue weighted by atomic mass is 16.2.